The quantitative estimate of drug-likeness (QED) is 0.550. The monoisotopic (exact) mass is 270 g/mol. The molecule has 0 aliphatic rings. The topological polar surface area (TPSA) is 32.3 Å². The van der Waals surface area contributed by atoms with E-state index < -0.39 is 0 Å². The first-order valence-corrected chi connectivity index (χ1v) is 8.15. The van der Waals surface area contributed by atoms with Crippen LogP contribution in [-0.2, 0) is 4.79 Å². The molecule has 0 saturated carbocycles. The maximum absolute atomic E-state index is 11.7. The van der Waals surface area contributed by atoms with Gasteiger partial charge in [-0.1, -0.05) is 40.0 Å². The molecule has 3 heteroatoms. The summed E-state index contributed by atoms with van der Waals surface area (Å²) in [5.74, 6) is 0.228. The van der Waals surface area contributed by atoms with Crippen molar-refractivity contribution < 1.29 is 4.79 Å². The molecule has 0 bridgehead atoms. The van der Waals surface area contributed by atoms with Crippen LogP contribution in [0.15, 0.2) is 0 Å². The third-order valence-corrected chi connectivity index (χ3v) is 3.67. The maximum Gasteiger partial charge on any atom is 0.220 e. The number of rotatable bonds is 12. The summed E-state index contributed by atoms with van der Waals surface area (Å²) in [5, 5.41) is 3.11. The van der Waals surface area contributed by atoms with E-state index in [0.29, 0.717) is 12.5 Å². The average Bonchev–Trinajstić information content (AvgIpc) is 2.40. The SMILES string of the molecule is CCCCCCC(=O)NC(C)CCCN(CC)CC. The minimum absolute atomic E-state index is 0.228. The predicted molar refractivity (Wildman–Crippen MR) is 83.4 cm³/mol. The summed E-state index contributed by atoms with van der Waals surface area (Å²) in [6.45, 7) is 12.1. The van der Waals surface area contributed by atoms with Crippen molar-refractivity contribution in [3.63, 3.8) is 0 Å². The van der Waals surface area contributed by atoms with Gasteiger partial charge in [0.1, 0.15) is 0 Å². The standard InChI is InChI=1S/C16H34N2O/c1-5-8-9-10-13-16(19)17-15(4)12-11-14-18(6-2)7-3/h15H,5-14H2,1-4H3,(H,17,19). The van der Waals surface area contributed by atoms with Crippen LogP contribution in [0.1, 0.15) is 72.6 Å². The molecule has 0 rings (SSSR count). The molecule has 0 radical (unpaired) electrons. The van der Waals surface area contributed by atoms with E-state index in [2.05, 4.69) is 37.9 Å². The van der Waals surface area contributed by atoms with Gasteiger partial charge in [0, 0.05) is 12.5 Å². The van der Waals surface area contributed by atoms with Crippen molar-refractivity contribution in [2.24, 2.45) is 0 Å². The molecule has 1 unspecified atom stereocenters. The molecule has 114 valence electrons. The smallest absolute Gasteiger partial charge is 0.220 e. The van der Waals surface area contributed by atoms with Crippen LogP contribution in [-0.4, -0.2) is 36.5 Å². The zero-order valence-electron chi connectivity index (χ0n) is 13.5. The first kappa shape index (κ1) is 18.4. The molecule has 1 N–H and O–H groups in total. The Kier molecular flexibility index (Phi) is 12.1. The van der Waals surface area contributed by atoms with Crippen LogP contribution in [0.4, 0.5) is 0 Å². The summed E-state index contributed by atoms with van der Waals surface area (Å²) in [6, 6.07) is 0.314. The largest absolute Gasteiger partial charge is 0.354 e. The van der Waals surface area contributed by atoms with E-state index in [-0.39, 0.29) is 5.91 Å². The summed E-state index contributed by atoms with van der Waals surface area (Å²) in [5.41, 5.74) is 0. The molecule has 1 atom stereocenters. The highest BCUT2D eigenvalue weighted by atomic mass is 16.1. The Bertz CT molecular complexity index is 215. The minimum Gasteiger partial charge on any atom is -0.354 e. The Balaban J connectivity index is 3.56. The van der Waals surface area contributed by atoms with Crippen molar-refractivity contribution in [2.75, 3.05) is 19.6 Å². The Morgan fingerprint density at radius 1 is 1.05 bits per heavy atom. The molecule has 1 amide bonds. The van der Waals surface area contributed by atoms with E-state index in [0.717, 1.165) is 32.5 Å². The third-order valence-electron chi connectivity index (χ3n) is 3.67. The summed E-state index contributed by atoms with van der Waals surface area (Å²) in [7, 11) is 0. The van der Waals surface area contributed by atoms with Gasteiger partial charge in [0.05, 0.1) is 0 Å². The number of nitrogens with zero attached hydrogens (tertiary/aromatic N) is 1. The Morgan fingerprint density at radius 3 is 2.32 bits per heavy atom. The molecule has 0 aromatic heterocycles. The van der Waals surface area contributed by atoms with E-state index in [9.17, 15) is 4.79 Å². The summed E-state index contributed by atoms with van der Waals surface area (Å²) in [4.78, 5) is 14.1. The fourth-order valence-corrected chi connectivity index (χ4v) is 2.29. The van der Waals surface area contributed by atoms with Crippen LogP contribution in [0.3, 0.4) is 0 Å². The zero-order valence-corrected chi connectivity index (χ0v) is 13.5. The van der Waals surface area contributed by atoms with Gasteiger partial charge in [-0.15, -0.1) is 0 Å². The molecular weight excluding hydrogens is 236 g/mol. The van der Waals surface area contributed by atoms with Crippen molar-refractivity contribution in [1.82, 2.24) is 10.2 Å². The van der Waals surface area contributed by atoms with Gasteiger partial charge in [0.25, 0.3) is 0 Å². The number of amides is 1. The minimum atomic E-state index is 0.228. The van der Waals surface area contributed by atoms with Crippen LogP contribution >= 0.6 is 0 Å². The van der Waals surface area contributed by atoms with Crippen molar-refractivity contribution in [3.05, 3.63) is 0 Å². The second-order valence-corrected chi connectivity index (χ2v) is 5.45. The van der Waals surface area contributed by atoms with Gasteiger partial charge in [0.15, 0.2) is 0 Å². The van der Waals surface area contributed by atoms with E-state index >= 15 is 0 Å². The summed E-state index contributed by atoms with van der Waals surface area (Å²) < 4.78 is 0. The molecule has 0 fully saturated rings. The number of hydrogen-bond donors (Lipinski definition) is 1. The van der Waals surface area contributed by atoms with Crippen LogP contribution in [0, 0.1) is 0 Å². The van der Waals surface area contributed by atoms with Gasteiger partial charge >= 0.3 is 0 Å². The fourth-order valence-electron chi connectivity index (χ4n) is 2.29. The van der Waals surface area contributed by atoms with Crippen molar-refractivity contribution in [2.45, 2.75) is 78.7 Å². The maximum atomic E-state index is 11.7. The van der Waals surface area contributed by atoms with Gasteiger partial charge in [0.2, 0.25) is 5.91 Å². The molecule has 0 spiro atoms. The number of carbonyl (C=O) groups excluding carboxylic acids is 1. The number of unbranched alkanes of at least 4 members (excludes halogenated alkanes) is 3. The highest BCUT2D eigenvalue weighted by Gasteiger charge is 2.07. The Hall–Kier alpha value is -0.570. The van der Waals surface area contributed by atoms with Crippen LogP contribution in [0.5, 0.6) is 0 Å². The predicted octanol–water partition coefficient (Wildman–Crippen LogP) is 3.58. The van der Waals surface area contributed by atoms with E-state index in [1.54, 1.807) is 0 Å². The Labute approximate surface area is 120 Å². The average molecular weight is 270 g/mol. The van der Waals surface area contributed by atoms with Crippen LogP contribution in [0.25, 0.3) is 0 Å². The summed E-state index contributed by atoms with van der Waals surface area (Å²) >= 11 is 0. The normalized spacial score (nSPS) is 12.7. The zero-order chi connectivity index (χ0) is 14.5. The molecular formula is C16H34N2O. The molecule has 0 saturated heterocycles. The lowest BCUT2D eigenvalue weighted by Crippen LogP contribution is -2.33. The fraction of sp³-hybridized carbons (Fsp3) is 0.938. The number of carbonyl (C=O) groups is 1. The van der Waals surface area contributed by atoms with Crippen LogP contribution in [0.2, 0.25) is 0 Å². The molecule has 0 aromatic carbocycles. The van der Waals surface area contributed by atoms with E-state index in [1.165, 1.54) is 25.7 Å². The molecule has 19 heavy (non-hydrogen) atoms. The molecule has 0 heterocycles. The Morgan fingerprint density at radius 2 is 1.74 bits per heavy atom. The summed E-state index contributed by atoms with van der Waals surface area (Å²) in [6.07, 6.45) is 7.62. The van der Waals surface area contributed by atoms with Gasteiger partial charge in [-0.25, -0.2) is 0 Å². The third kappa shape index (κ3) is 11.0. The van der Waals surface area contributed by atoms with Gasteiger partial charge in [-0.2, -0.15) is 0 Å². The van der Waals surface area contributed by atoms with E-state index in [4.69, 9.17) is 0 Å². The first-order valence-electron chi connectivity index (χ1n) is 8.15. The van der Waals surface area contributed by atoms with Gasteiger partial charge in [-0.3, -0.25) is 4.79 Å². The number of nitrogens with one attached hydrogen (secondary N) is 1. The van der Waals surface area contributed by atoms with Crippen molar-refractivity contribution in [1.29, 1.82) is 0 Å². The molecule has 0 aliphatic heterocycles. The van der Waals surface area contributed by atoms with Gasteiger partial charge in [-0.05, 0) is 45.8 Å². The first-order chi connectivity index (χ1) is 9.13. The van der Waals surface area contributed by atoms with Crippen LogP contribution < -0.4 is 5.32 Å². The molecule has 0 aromatic rings. The highest BCUT2D eigenvalue weighted by molar-refractivity contribution is 5.76. The lowest BCUT2D eigenvalue weighted by Gasteiger charge is -2.19. The van der Waals surface area contributed by atoms with Gasteiger partial charge < -0.3 is 10.2 Å². The second kappa shape index (κ2) is 12.5. The van der Waals surface area contributed by atoms with E-state index in [1.807, 2.05) is 0 Å². The number of hydrogen-bond acceptors (Lipinski definition) is 2. The molecule has 3 nitrogen and oxygen atoms in total. The molecule has 0 aliphatic carbocycles. The van der Waals surface area contributed by atoms with Crippen molar-refractivity contribution >= 4 is 5.91 Å². The lowest BCUT2D eigenvalue weighted by molar-refractivity contribution is -0.121. The highest BCUT2D eigenvalue weighted by Crippen LogP contribution is 2.04. The van der Waals surface area contributed by atoms with Crippen molar-refractivity contribution in [3.8, 4) is 0 Å². The second-order valence-electron chi connectivity index (χ2n) is 5.45. The lowest BCUT2D eigenvalue weighted by atomic mass is 10.1.